The van der Waals surface area contributed by atoms with Crippen molar-refractivity contribution in [2.45, 2.75) is 37.8 Å². The number of hydrogen-bond donors (Lipinski definition) is 2. The van der Waals surface area contributed by atoms with Crippen LogP contribution in [0.3, 0.4) is 0 Å². The Kier molecular flexibility index (Phi) is 3.26. The molecule has 84 valence electrons. The second kappa shape index (κ2) is 4.66. The summed E-state index contributed by atoms with van der Waals surface area (Å²) in [6.07, 6.45) is 8.22. The lowest BCUT2D eigenvalue weighted by molar-refractivity contribution is 0.171. The van der Waals surface area contributed by atoms with Crippen molar-refractivity contribution in [2.75, 3.05) is 13.2 Å². The van der Waals surface area contributed by atoms with Crippen molar-refractivity contribution in [1.82, 2.24) is 10.2 Å². The normalized spacial score (nSPS) is 20.6. The summed E-state index contributed by atoms with van der Waals surface area (Å²) in [4.78, 5) is 13.6. The van der Waals surface area contributed by atoms with Crippen LogP contribution in [0.5, 0.6) is 0 Å². The molecule has 0 bridgehead atoms. The van der Waals surface area contributed by atoms with Crippen molar-refractivity contribution in [3.05, 3.63) is 12.2 Å². The first-order valence-corrected chi connectivity index (χ1v) is 5.64. The minimum Gasteiger partial charge on any atom is -0.395 e. The molecule has 2 amide bonds. The molecule has 0 aromatic heterocycles. The Hall–Kier alpha value is -1.03. The quantitative estimate of drug-likeness (QED) is 0.676. The molecule has 0 saturated heterocycles. The second-order valence-electron chi connectivity index (χ2n) is 4.24. The van der Waals surface area contributed by atoms with Crippen LogP contribution in [-0.2, 0) is 0 Å². The van der Waals surface area contributed by atoms with Crippen LogP contribution in [0.2, 0.25) is 0 Å². The Morgan fingerprint density at radius 1 is 1.40 bits per heavy atom. The number of urea groups is 1. The third-order valence-corrected chi connectivity index (χ3v) is 2.92. The smallest absolute Gasteiger partial charge is 0.317 e. The molecule has 0 atom stereocenters. The maximum Gasteiger partial charge on any atom is 0.317 e. The topological polar surface area (TPSA) is 52.6 Å². The summed E-state index contributed by atoms with van der Waals surface area (Å²) < 4.78 is 0. The van der Waals surface area contributed by atoms with Crippen LogP contribution in [0.15, 0.2) is 12.2 Å². The Morgan fingerprint density at radius 2 is 2.07 bits per heavy atom. The first-order valence-electron chi connectivity index (χ1n) is 5.64. The fraction of sp³-hybridized carbons (Fsp3) is 0.727. The summed E-state index contributed by atoms with van der Waals surface area (Å²) >= 11 is 0. The number of rotatable bonds is 4. The third-order valence-electron chi connectivity index (χ3n) is 2.92. The van der Waals surface area contributed by atoms with E-state index in [-0.39, 0.29) is 18.7 Å². The molecule has 2 aliphatic carbocycles. The van der Waals surface area contributed by atoms with Gasteiger partial charge < -0.3 is 15.3 Å². The first-order chi connectivity index (χ1) is 7.31. The molecular formula is C11H18N2O2. The molecule has 1 fully saturated rings. The molecular weight excluding hydrogens is 192 g/mol. The first kappa shape index (κ1) is 10.5. The minimum absolute atomic E-state index is 0.0137. The number of nitrogens with one attached hydrogen (secondary N) is 1. The van der Waals surface area contributed by atoms with Gasteiger partial charge in [0.15, 0.2) is 0 Å². The van der Waals surface area contributed by atoms with Gasteiger partial charge in [-0.3, -0.25) is 0 Å². The molecule has 0 unspecified atom stereocenters. The van der Waals surface area contributed by atoms with Crippen LogP contribution in [0, 0.1) is 0 Å². The molecule has 4 nitrogen and oxygen atoms in total. The lowest BCUT2D eigenvalue weighted by Gasteiger charge is -2.24. The summed E-state index contributed by atoms with van der Waals surface area (Å²) in [6, 6.07) is 0.615. The van der Waals surface area contributed by atoms with E-state index in [0.29, 0.717) is 12.6 Å². The molecule has 0 aromatic rings. The van der Waals surface area contributed by atoms with E-state index in [1.165, 1.54) is 0 Å². The van der Waals surface area contributed by atoms with Crippen molar-refractivity contribution in [3.8, 4) is 0 Å². The SMILES string of the molecule is O=C(NC1CC=CC1)N(CCO)C1CC1. The Balaban J connectivity index is 1.81. The zero-order valence-corrected chi connectivity index (χ0v) is 8.85. The van der Waals surface area contributed by atoms with E-state index >= 15 is 0 Å². The highest BCUT2D eigenvalue weighted by atomic mass is 16.3. The van der Waals surface area contributed by atoms with E-state index in [2.05, 4.69) is 17.5 Å². The van der Waals surface area contributed by atoms with E-state index in [4.69, 9.17) is 5.11 Å². The fourth-order valence-corrected chi connectivity index (χ4v) is 1.94. The van der Waals surface area contributed by atoms with E-state index < -0.39 is 0 Å². The van der Waals surface area contributed by atoms with Gasteiger partial charge in [0, 0.05) is 18.6 Å². The van der Waals surface area contributed by atoms with Gasteiger partial charge in [-0.25, -0.2) is 4.79 Å². The highest BCUT2D eigenvalue weighted by Gasteiger charge is 2.32. The molecule has 2 rings (SSSR count). The largest absolute Gasteiger partial charge is 0.395 e. The lowest BCUT2D eigenvalue weighted by Crippen LogP contribution is -2.46. The van der Waals surface area contributed by atoms with Gasteiger partial charge in [0.05, 0.1) is 6.61 Å². The van der Waals surface area contributed by atoms with Gasteiger partial charge in [0.2, 0.25) is 0 Å². The number of aliphatic hydroxyl groups excluding tert-OH is 1. The average Bonchev–Trinajstić information content (AvgIpc) is 2.93. The van der Waals surface area contributed by atoms with Crippen LogP contribution in [0.25, 0.3) is 0 Å². The van der Waals surface area contributed by atoms with Crippen molar-refractivity contribution in [2.24, 2.45) is 0 Å². The number of nitrogens with zero attached hydrogens (tertiary/aromatic N) is 1. The van der Waals surface area contributed by atoms with Crippen LogP contribution in [0.4, 0.5) is 4.79 Å². The minimum atomic E-state index is -0.0137. The molecule has 0 heterocycles. The maximum absolute atomic E-state index is 11.8. The van der Waals surface area contributed by atoms with Gasteiger partial charge in [-0.05, 0) is 25.7 Å². The van der Waals surface area contributed by atoms with Crippen molar-refractivity contribution in [1.29, 1.82) is 0 Å². The van der Waals surface area contributed by atoms with Gasteiger partial charge in [0.1, 0.15) is 0 Å². The number of aliphatic hydroxyl groups is 1. The Labute approximate surface area is 90.0 Å². The monoisotopic (exact) mass is 210 g/mol. The zero-order valence-electron chi connectivity index (χ0n) is 8.85. The molecule has 2 N–H and O–H groups in total. The summed E-state index contributed by atoms with van der Waals surface area (Å²) in [5.74, 6) is 0. The van der Waals surface area contributed by atoms with Crippen LogP contribution in [-0.4, -0.2) is 41.3 Å². The van der Waals surface area contributed by atoms with Gasteiger partial charge in [0.25, 0.3) is 0 Å². The molecule has 0 aromatic carbocycles. The molecule has 15 heavy (non-hydrogen) atoms. The predicted octanol–water partition coefficient (Wildman–Crippen LogP) is 0.871. The summed E-state index contributed by atoms with van der Waals surface area (Å²) in [6.45, 7) is 0.503. The molecule has 0 radical (unpaired) electrons. The van der Waals surface area contributed by atoms with Gasteiger partial charge in [-0.15, -0.1) is 0 Å². The van der Waals surface area contributed by atoms with Crippen molar-refractivity contribution >= 4 is 6.03 Å². The standard InChI is InChI=1S/C11H18N2O2/c14-8-7-13(10-5-6-10)11(15)12-9-3-1-2-4-9/h1-2,9-10,14H,3-8H2,(H,12,15). The van der Waals surface area contributed by atoms with Gasteiger partial charge >= 0.3 is 6.03 Å². The second-order valence-corrected chi connectivity index (χ2v) is 4.24. The zero-order chi connectivity index (χ0) is 10.7. The molecule has 2 aliphatic rings. The average molecular weight is 210 g/mol. The van der Waals surface area contributed by atoms with Crippen LogP contribution >= 0.6 is 0 Å². The number of carbonyl (C=O) groups excluding carboxylic acids is 1. The summed E-state index contributed by atoms with van der Waals surface area (Å²) in [7, 11) is 0. The Morgan fingerprint density at radius 3 is 2.60 bits per heavy atom. The molecule has 0 spiro atoms. The summed E-state index contributed by atoms with van der Waals surface area (Å²) in [5, 5.41) is 11.9. The number of amides is 2. The van der Waals surface area contributed by atoms with Crippen LogP contribution in [0.1, 0.15) is 25.7 Å². The highest BCUT2D eigenvalue weighted by Crippen LogP contribution is 2.26. The summed E-state index contributed by atoms with van der Waals surface area (Å²) in [5.41, 5.74) is 0. The molecule has 4 heteroatoms. The number of hydrogen-bond acceptors (Lipinski definition) is 2. The number of carbonyl (C=O) groups is 1. The predicted molar refractivity (Wildman–Crippen MR) is 57.5 cm³/mol. The van der Waals surface area contributed by atoms with Crippen molar-refractivity contribution in [3.63, 3.8) is 0 Å². The highest BCUT2D eigenvalue weighted by molar-refractivity contribution is 5.75. The molecule has 0 aliphatic heterocycles. The fourth-order valence-electron chi connectivity index (χ4n) is 1.94. The van der Waals surface area contributed by atoms with Gasteiger partial charge in [-0.1, -0.05) is 12.2 Å². The Bertz CT molecular complexity index is 253. The van der Waals surface area contributed by atoms with Crippen molar-refractivity contribution < 1.29 is 9.90 Å². The van der Waals surface area contributed by atoms with E-state index in [0.717, 1.165) is 25.7 Å². The van der Waals surface area contributed by atoms with E-state index in [1.807, 2.05) is 0 Å². The van der Waals surface area contributed by atoms with Gasteiger partial charge in [-0.2, -0.15) is 0 Å². The lowest BCUT2D eigenvalue weighted by atomic mass is 10.2. The third kappa shape index (κ3) is 2.72. The molecule has 1 saturated carbocycles. The van der Waals surface area contributed by atoms with E-state index in [9.17, 15) is 4.79 Å². The van der Waals surface area contributed by atoms with Crippen LogP contribution < -0.4 is 5.32 Å². The van der Waals surface area contributed by atoms with E-state index in [1.54, 1.807) is 4.90 Å². The maximum atomic E-state index is 11.8.